The minimum absolute atomic E-state index is 0.0140. The van der Waals surface area contributed by atoms with E-state index in [-0.39, 0.29) is 23.0 Å². The van der Waals surface area contributed by atoms with Crippen LogP contribution in [0.25, 0.3) is 6.08 Å². The summed E-state index contributed by atoms with van der Waals surface area (Å²) < 4.78 is 48.6. The molecule has 1 aliphatic rings. The Morgan fingerprint density at radius 3 is 1.71 bits per heavy atom. The van der Waals surface area contributed by atoms with Crippen LogP contribution in [0.3, 0.4) is 0 Å². The standard InChI is InChI=1S/C33H34O16/c1-17(34)42-24-9-11-25(12-10-24)48-33-32(47-22(6)39)31(46-21(5)38)30(45-20(4)37)28(49-33)16-41-29(40)14-8-23-7-13-26(43-18(2)35)27(15-23)44-19(3)36/h7-15,28,30-33H,16H2,1-6H3/b14-8+. The van der Waals surface area contributed by atoms with E-state index in [9.17, 15) is 33.6 Å². The highest BCUT2D eigenvalue weighted by atomic mass is 16.7. The van der Waals surface area contributed by atoms with Crippen molar-refractivity contribution in [2.45, 2.75) is 72.2 Å². The van der Waals surface area contributed by atoms with E-state index in [2.05, 4.69) is 0 Å². The number of rotatable bonds is 12. The van der Waals surface area contributed by atoms with Crippen LogP contribution in [0.15, 0.2) is 48.5 Å². The van der Waals surface area contributed by atoms with Gasteiger partial charge in [0.05, 0.1) is 0 Å². The zero-order chi connectivity index (χ0) is 36.2. The molecule has 49 heavy (non-hydrogen) atoms. The van der Waals surface area contributed by atoms with Gasteiger partial charge < -0.3 is 42.6 Å². The van der Waals surface area contributed by atoms with Crippen LogP contribution in [-0.2, 0) is 57.2 Å². The van der Waals surface area contributed by atoms with Crippen LogP contribution in [0, 0.1) is 0 Å². The maximum atomic E-state index is 12.8. The van der Waals surface area contributed by atoms with Crippen LogP contribution in [0.1, 0.15) is 47.1 Å². The minimum Gasteiger partial charge on any atom is -0.461 e. The van der Waals surface area contributed by atoms with E-state index >= 15 is 0 Å². The van der Waals surface area contributed by atoms with Gasteiger partial charge >= 0.3 is 41.8 Å². The van der Waals surface area contributed by atoms with Gasteiger partial charge in [0.25, 0.3) is 0 Å². The zero-order valence-corrected chi connectivity index (χ0v) is 27.3. The predicted molar refractivity (Wildman–Crippen MR) is 163 cm³/mol. The molecule has 1 fully saturated rings. The molecule has 0 spiro atoms. The van der Waals surface area contributed by atoms with Gasteiger partial charge in [-0.3, -0.25) is 28.8 Å². The number of ether oxygens (including phenoxy) is 9. The molecule has 16 heteroatoms. The van der Waals surface area contributed by atoms with E-state index in [4.69, 9.17) is 42.6 Å². The van der Waals surface area contributed by atoms with E-state index in [1.165, 1.54) is 62.4 Å². The smallest absolute Gasteiger partial charge is 0.330 e. The first kappa shape index (κ1) is 37.7. The Hall–Kier alpha value is -5.77. The average molecular weight is 687 g/mol. The number of hydrogen-bond acceptors (Lipinski definition) is 16. The molecule has 1 saturated heterocycles. The number of carbonyl (C=O) groups excluding carboxylic acids is 7. The van der Waals surface area contributed by atoms with Gasteiger partial charge in [-0.05, 0) is 48.0 Å². The van der Waals surface area contributed by atoms with Gasteiger partial charge in [0.1, 0.15) is 24.2 Å². The van der Waals surface area contributed by atoms with E-state index < -0.39 is 79.1 Å². The second kappa shape index (κ2) is 17.4. The molecule has 0 amide bonds. The molecule has 262 valence electrons. The van der Waals surface area contributed by atoms with Crippen molar-refractivity contribution < 1.29 is 76.2 Å². The molecule has 2 aromatic rings. The Bertz CT molecular complexity index is 1590. The quantitative estimate of drug-likeness (QED) is 0.136. The molecule has 5 atom stereocenters. The van der Waals surface area contributed by atoms with E-state index in [1.54, 1.807) is 0 Å². The highest BCUT2D eigenvalue weighted by molar-refractivity contribution is 5.87. The summed E-state index contributed by atoms with van der Waals surface area (Å²) in [5.74, 6) is -4.91. The number of carbonyl (C=O) groups is 7. The number of esters is 7. The fourth-order valence-electron chi connectivity index (χ4n) is 4.45. The van der Waals surface area contributed by atoms with Gasteiger partial charge in [-0.1, -0.05) is 6.07 Å². The summed E-state index contributed by atoms with van der Waals surface area (Å²) >= 11 is 0. The molecule has 0 saturated carbocycles. The highest BCUT2D eigenvalue weighted by Crippen LogP contribution is 2.32. The van der Waals surface area contributed by atoms with Crippen LogP contribution in [0.2, 0.25) is 0 Å². The van der Waals surface area contributed by atoms with Crippen LogP contribution in [0.5, 0.6) is 23.0 Å². The van der Waals surface area contributed by atoms with Crippen molar-refractivity contribution in [3.05, 3.63) is 54.1 Å². The van der Waals surface area contributed by atoms with Crippen molar-refractivity contribution in [1.29, 1.82) is 0 Å². The minimum atomic E-state index is -1.49. The summed E-state index contributed by atoms with van der Waals surface area (Å²) in [6.07, 6.45) is -4.83. The Morgan fingerprint density at radius 2 is 1.14 bits per heavy atom. The first-order valence-electron chi connectivity index (χ1n) is 14.6. The van der Waals surface area contributed by atoms with Gasteiger partial charge in [-0.2, -0.15) is 0 Å². The molecule has 5 unspecified atom stereocenters. The van der Waals surface area contributed by atoms with E-state index in [1.807, 2.05) is 0 Å². The third-order valence-corrected chi connectivity index (χ3v) is 6.11. The third-order valence-electron chi connectivity index (χ3n) is 6.11. The SMILES string of the molecule is CC(=O)Oc1ccc(OC2OC(COC(=O)/C=C/c3ccc(OC(C)=O)c(OC(C)=O)c3)C(OC(C)=O)C(OC(C)=O)C2OC(C)=O)cc1. The van der Waals surface area contributed by atoms with Crippen LogP contribution < -0.4 is 18.9 Å². The lowest BCUT2D eigenvalue weighted by atomic mass is 9.98. The molecule has 2 aromatic carbocycles. The molecule has 16 nitrogen and oxygen atoms in total. The first-order chi connectivity index (χ1) is 23.1. The molecular formula is C33H34O16. The maximum Gasteiger partial charge on any atom is 0.330 e. The Kier molecular flexibility index (Phi) is 13.4. The molecule has 1 aliphatic heterocycles. The van der Waals surface area contributed by atoms with Crippen molar-refractivity contribution in [2.24, 2.45) is 0 Å². The summed E-state index contributed by atoms with van der Waals surface area (Å²) in [5.41, 5.74) is 0.364. The normalized spacial score (nSPS) is 19.9. The second-order valence-corrected chi connectivity index (χ2v) is 10.3. The van der Waals surface area contributed by atoms with E-state index in [0.29, 0.717) is 5.56 Å². The van der Waals surface area contributed by atoms with E-state index in [0.717, 1.165) is 33.8 Å². The second-order valence-electron chi connectivity index (χ2n) is 10.3. The van der Waals surface area contributed by atoms with Gasteiger partial charge in [-0.15, -0.1) is 0 Å². The van der Waals surface area contributed by atoms with Crippen molar-refractivity contribution in [3.63, 3.8) is 0 Å². The molecule has 0 aromatic heterocycles. The number of benzene rings is 2. The maximum absolute atomic E-state index is 12.8. The van der Waals surface area contributed by atoms with Crippen molar-refractivity contribution in [2.75, 3.05) is 6.61 Å². The summed E-state index contributed by atoms with van der Waals surface area (Å²) in [5, 5.41) is 0. The molecule has 0 radical (unpaired) electrons. The zero-order valence-electron chi connectivity index (χ0n) is 27.3. The molecule has 0 aliphatic carbocycles. The fourth-order valence-corrected chi connectivity index (χ4v) is 4.45. The highest BCUT2D eigenvalue weighted by Gasteiger charge is 2.53. The Labute approximate surface area is 280 Å². The van der Waals surface area contributed by atoms with Crippen LogP contribution in [0.4, 0.5) is 0 Å². The molecule has 3 rings (SSSR count). The van der Waals surface area contributed by atoms with Crippen LogP contribution >= 0.6 is 0 Å². The molecule has 0 bridgehead atoms. The van der Waals surface area contributed by atoms with Crippen molar-refractivity contribution in [1.82, 2.24) is 0 Å². The number of hydrogen-bond donors (Lipinski definition) is 0. The van der Waals surface area contributed by atoms with Crippen LogP contribution in [-0.4, -0.2) is 79.1 Å². The summed E-state index contributed by atoms with van der Waals surface area (Å²) in [7, 11) is 0. The monoisotopic (exact) mass is 686 g/mol. The fraction of sp³-hybridized carbons (Fsp3) is 0.364. The summed E-state index contributed by atoms with van der Waals surface area (Å²) in [6, 6.07) is 9.91. The lowest BCUT2D eigenvalue weighted by Crippen LogP contribution is -2.63. The lowest BCUT2D eigenvalue weighted by Gasteiger charge is -2.43. The first-order valence-corrected chi connectivity index (χ1v) is 14.6. The molecule has 0 N–H and O–H groups in total. The Balaban J connectivity index is 1.87. The lowest BCUT2D eigenvalue weighted by molar-refractivity contribution is -0.288. The Morgan fingerprint density at radius 1 is 0.612 bits per heavy atom. The largest absolute Gasteiger partial charge is 0.461 e. The topological polar surface area (TPSA) is 203 Å². The van der Waals surface area contributed by atoms with Crippen molar-refractivity contribution in [3.8, 4) is 23.0 Å². The molecular weight excluding hydrogens is 652 g/mol. The summed E-state index contributed by atoms with van der Waals surface area (Å²) in [6.45, 7) is 6.25. The third kappa shape index (κ3) is 12.1. The summed E-state index contributed by atoms with van der Waals surface area (Å²) in [4.78, 5) is 83.3. The van der Waals surface area contributed by atoms with Crippen molar-refractivity contribution >= 4 is 47.9 Å². The predicted octanol–water partition coefficient (Wildman–Crippen LogP) is 2.62. The average Bonchev–Trinajstić information content (AvgIpc) is 2.98. The van der Waals surface area contributed by atoms with Gasteiger partial charge in [-0.25, -0.2) is 4.79 Å². The van der Waals surface area contributed by atoms with Gasteiger partial charge in [0.2, 0.25) is 12.4 Å². The van der Waals surface area contributed by atoms with Gasteiger partial charge in [0, 0.05) is 47.6 Å². The van der Waals surface area contributed by atoms with Gasteiger partial charge in [0.15, 0.2) is 23.7 Å². The molecule has 1 heterocycles.